The molecule has 0 spiro atoms. The molecule has 0 amide bonds. The van der Waals surface area contributed by atoms with E-state index in [0.717, 1.165) is 0 Å². The van der Waals surface area contributed by atoms with Gasteiger partial charge in [-0.1, -0.05) is 21.8 Å². The summed E-state index contributed by atoms with van der Waals surface area (Å²) in [6, 6.07) is 0. The number of hydrogen-bond donors (Lipinski definition) is 0. The molecule has 0 bridgehead atoms. The van der Waals surface area contributed by atoms with Crippen molar-refractivity contribution in [1.82, 2.24) is 0 Å². The summed E-state index contributed by atoms with van der Waals surface area (Å²) in [7, 11) is 0. The average Bonchev–Trinajstić information content (AvgIpc) is 2.28. The molecule has 1 rings (SSSR count). The third-order valence-corrected chi connectivity index (χ3v) is 2.48. The molecule has 0 N–H and O–H groups in total. The van der Waals surface area contributed by atoms with E-state index in [1.807, 2.05) is 0 Å². The average molecular weight is 280 g/mol. The molecule has 1 aromatic heterocycles. The van der Waals surface area contributed by atoms with Crippen molar-refractivity contribution < 1.29 is 4.73 Å². The summed E-state index contributed by atoms with van der Waals surface area (Å²) >= 11 is 16.8. The molecule has 0 saturated heterocycles. The van der Waals surface area contributed by atoms with Crippen LogP contribution in [-0.2, 0) is 0 Å². The monoisotopic (exact) mass is 279 g/mol. The van der Waals surface area contributed by atoms with Crippen LogP contribution in [0.2, 0.25) is 15.3 Å². The molecule has 0 aliphatic rings. The zero-order chi connectivity index (χ0) is 12.3. The van der Waals surface area contributed by atoms with Crippen molar-refractivity contribution in [3.8, 4) is 0 Å². The van der Waals surface area contributed by atoms with E-state index < -0.39 is 10.3 Å². The summed E-state index contributed by atoms with van der Waals surface area (Å²) in [4.78, 5) is 4.85. The maximum atomic E-state index is 11.3. The Labute approximate surface area is 103 Å². The number of pyridine rings is 1. The molecule has 0 atom stereocenters. The lowest BCUT2D eigenvalue weighted by Crippen LogP contribution is -2.29. The quantitative estimate of drug-likeness (QED) is 0.198. The Morgan fingerprint density at radius 1 is 1.00 bits per heavy atom. The largest absolute Gasteiger partial charge is 0.617 e. The fourth-order valence-electron chi connectivity index (χ4n) is 0.832. The van der Waals surface area contributed by atoms with Crippen LogP contribution in [0.1, 0.15) is 0 Å². The minimum absolute atomic E-state index is 0.0308. The van der Waals surface area contributed by atoms with Crippen molar-refractivity contribution in [2.75, 3.05) is 0 Å². The van der Waals surface area contributed by atoms with E-state index in [2.05, 4.69) is 20.1 Å². The van der Waals surface area contributed by atoms with Crippen LogP contribution >= 0.6 is 34.8 Å². The van der Waals surface area contributed by atoms with Gasteiger partial charge < -0.3 is 5.21 Å². The molecule has 0 aliphatic carbocycles. The molecule has 16 heavy (non-hydrogen) atoms. The van der Waals surface area contributed by atoms with Crippen molar-refractivity contribution >= 4 is 46.2 Å². The van der Waals surface area contributed by atoms with Crippen LogP contribution in [0, 0.1) is 5.21 Å². The fraction of sp³-hybridized carbons (Fsp3) is 0. The van der Waals surface area contributed by atoms with Crippen molar-refractivity contribution in [2.45, 2.75) is 0 Å². The number of hydrogen-bond acceptors (Lipinski definition) is 3. The third-order valence-electron chi connectivity index (χ3n) is 1.45. The van der Waals surface area contributed by atoms with Crippen molar-refractivity contribution in [1.29, 1.82) is 0 Å². The maximum Gasteiger partial charge on any atom is 0.298 e. The third kappa shape index (κ3) is 2.01. The Kier molecular flexibility index (Phi) is 3.89. The van der Waals surface area contributed by atoms with Gasteiger partial charge in [0, 0.05) is 9.82 Å². The highest BCUT2D eigenvalue weighted by Crippen LogP contribution is 2.41. The molecule has 11 heteroatoms. The first-order chi connectivity index (χ1) is 7.54. The van der Waals surface area contributed by atoms with E-state index in [1.165, 1.54) is 0 Å². The van der Waals surface area contributed by atoms with Gasteiger partial charge in [0.15, 0.2) is 0 Å². The lowest BCUT2D eigenvalue weighted by molar-refractivity contribution is -0.599. The van der Waals surface area contributed by atoms with Crippen LogP contribution in [0.4, 0.5) is 11.4 Å². The zero-order valence-electron chi connectivity index (χ0n) is 7.17. The summed E-state index contributed by atoms with van der Waals surface area (Å²) in [6.07, 6.45) is 0. The molecule has 0 aliphatic heterocycles. The van der Waals surface area contributed by atoms with Gasteiger partial charge in [-0.25, -0.2) is 0 Å². The molecule has 1 aromatic rings. The Hall–Kier alpha value is -1.56. The van der Waals surface area contributed by atoms with E-state index in [1.54, 1.807) is 0 Å². The van der Waals surface area contributed by atoms with Gasteiger partial charge in [-0.15, -0.1) is 4.73 Å². The van der Waals surface area contributed by atoms with Crippen molar-refractivity contribution in [3.05, 3.63) is 41.4 Å². The Morgan fingerprint density at radius 2 is 1.38 bits per heavy atom. The SMILES string of the molecule is [N-]=[N+]=Nc1c(Cl)c(N=[N+]=[N-])c(Cl)[n+]([O-])c1Cl. The molecular formula is C5Cl3N7O. The van der Waals surface area contributed by atoms with Gasteiger partial charge >= 0.3 is 0 Å². The number of nitrogens with zero attached hydrogens (tertiary/aromatic N) is 7. The highest BCUT2D eigenvalue weighted by atomic mass is 35.5. The van der Waals surface area contributed by atoms with Crippen LogP contribution in [0.5, 0.6) is 0 Å². The van der Waals surface area contributed by atoms with Crippen LogP contribution in [-0.4, -0.2) is 0 Å². The molecule has 0 radical (unpaired) electrons. The lowest BCUT2D eigenvalue weighted by Gasteiger charge is -2.07. The Bertz CT molecular complexity index is 500. The molecule has 0 saturated carbocycles. The minimum atomic E-state index is -0.510. The molecule has 0 unspecified atom stereocenters. The number of rotatable bonds is 2. The normalized spacial score (nSPS) is 9.19. The summed E-state index contributed by atoms with van der Waals surface area (Å²) in [5.41, 5.74) is 15.8. The van der Waals surface area contributed by atoms with Crippen LogP contribution < -0.4 is 4.73 Å². The van der Waals surface area contributed by atoms with E-state index in [0.29, 0.717) is 0 Å². The van der Waals surface area contributed by atoms with Crippen molar-refractivity contribution in [3.63, 3.8) is 0 Å². The molecule has 1 heterocycles. The highest BCUT2D eigenvalue weighted by Gasteiger charge is 2.23. The second kappa shape index (κ2) is 4.98. The summed E-state index contributed by atoms with van der Waals surface area (Å²) in [5, 5.41) is 16.2. The molecule has 8 nitrogen and oxygen atoms in total. The van der Waals surface area contributed by atoms with Gasteiger partial charge in [-0.3, -0.25) is 0 Å². The van der Waals surface area contributed by atoms with E-state index in [9.17, 15) is 5.21 Å². The topological polar surface area (TPSA) is 124 Å². The smallest absolute Gasteiger partial charge is 0.298 e. The second-order valence-corrected chi connectivity index (χ2v) is 3.36. The summed E-state index contributed by atoms with van der Waals surface area (Å²) < 4.78 is 0.0308. The first kappa shape index (κ1) is 12.5. The van der Waals surface area contributed by atoms with Crippen LogP contribution in [0.25, 0.3) is 20.9 Å². The van der Waals surface area contributed by atoms with Gasteiger partial charge in [-0.2, -0.15) is 0 Å². The zero-order valence-corrected chi connectivity index (χ0v) is 9.44. The van der Waals surface area contributed by atoms with Crippen molar-refractivity contribution in [2.24, 2.45) is 10.2 Å². The molecule has 0 aromatic carbocycles. The standard InChI is InChI=1S/C5Cl3N7O/c6-1-2(11-13-9)4(7)15(16)5(8)3(1)12-14-10. The number of halogens is 3. The lowest BCUT2D eigenvalue weighted by atomic mass is 10.4. The van der Waals surface area contributed by atoms with Gasteiger partial charge in [0.05, 0.1) is 5.02 Å². The van der Waals surface area contributed by atoms with E-state index in [4.69, 9.17) is 45.9 Å². The number of aromatic nitrogens is 1. The van der Waals surface area contributed by atoms with Gasteiger partial charge in [0.25, 0.3) is 10.3 Å². The van der Waals surface area contributed by atoms with Gasteiger partial charge in [-0.05, 0) is 34.3 Å². The molecule has 82 valence electrons. The highest BCUT2D eigenvalue weighted by molar-refractivity contribution is 6.41. The van der Waals surface area contributed by atoms with Gasteiger partial charge in [0.2, 0.25) is 0 Å². The van der Waals surface area contributed by atoms with Crippen LogP contribution in [0.15, 0.2) is 10.2 Å². The predicted octanol–water partition coefficient (Wildman–Crippen LogP) is 4.16. The van der Waals surface area contributed by atoms with E-state index >= 15 is 0 Å². The first-order valence-corrected chi connectivity index (χ1v) is 4.58. The predicted molar refractivity (Wildman–Crippen MR) is 58.0 cm³/mol. The molecular weight excluding hydrogens is 280 g/mol. The minimum Gasteiger partial charge on any atom is -0.617 e. The maximum absolute atomic E-state index is 11.3. The molecule has 0 fully saturated rings. The Morgan fingerprint density at radius 3 is 1.69 bits per heavy atom. The second-order valence-electron chi connectivity index (χ2n) is 2.27. The number of azide groups is 2. The van der Waals surface area contributed by atoms with Gasteiger partial charge in [0.1, 0.15) is 11.4 Å². The summed E-state index contributed by atoms with van der Waals surface area (Å²) in [6.45, 7) is 0. The fourth-order valence-corrected chi connectivity index (χ4v) is 1.66. The Balaban J connectivity index is 3.78. The first-order valence-electron chi connectivity index (χ1n) is 3.44. The van der Waals surface area contributed by atoms with E-state index in [-0.39, 0.29) is 21.1 Å². The van der Waals surface area contributed by atoms with Crippen LogP contribution in [0.3, 0.4) is 0 Å². The summed E-state index contributed by atoms with van der Waals surface area (Å²) in [5.74, 6) is 0.